The van der Waals surface area contributed by atoms with Crippen LogP contribution < -0.4 is 14.8 Å². The lowest BCUT2D eigenvalue weighted by Crippen LogP contribution is -2.64. The fraction of sp³-hybridized carbons (Fsp3) is 0.450. The number of piperazine rings is 1. The van der Waals surface area contributed by atoms with Crippen LogP contribution in [0.25, 0.3) is 5.57 Å². The number of hydrogen-bond acceptors (Lipinski definition) is 6. The number of carbonyl (C=O) groups excluding carboxylic acids is 2. The standard InChI is InChI=1S/C40H45Cl4N3O5/c1-25-20-33(41)35(21-26(25)2)51-19-18-50-31-14-10-28(11-15-31)32-22-30-23-45-24-34(47(30)38(49)52-39(3,4)40(42,43)44)36(32)37(48)46(29-12-13-29)17-16-27-8-6-5-7-9-27/h5-11,14-15,20-21,29-30,34,45H,12-13,16-19,22-24H2,1-4H3. The number of rotatable bonds is 12. The molecule has 6 rings (SSSR count). The van der Waals surface area contributed by atoms with E-state index in [9.17, 15) is 9.59 Å². The van der Waals surface area contributed by atoms with Gasteiger partial charge in [0.05, 0.1) is 17.1 Å². The second kappa shape index (κ2) is 16.1. The van der Waals surface area contributed by atoms with Crippen LogP contribution in [-0.4, -0.2) is 82.2 Å². The third-order valence-electron chi connectivity index (χ3n) is 10.1. The number of nitrogens with zero attached hydrogens (tertiary/aromatic N) is 2. The van der Waals surface area contributed by atoms with Gasteiger partial charge < -0.3 is 24.4 Å². The van der Waals surface area contributed by atoms with Gasteiger partial charge in [-0.1, -0.05) is 88.9 Å². The normalized spacial score (nSPS) is 19.0. The van der Waals surface area contributed by atoms with Crippen LogP contribution >= 0.6 is 46.4 Å². The van der Waals surface area contributed by atoms with Crippen LogP contribution in [0.1, 0.15) is 55.4 Å². The van der Waals surface area contributed by atoms with Crippen molar-refractivity contribution in [3.63, 3.8) is 0 Å². The van der Waals surface area contributed by atoms with Crippen molar-refractivity contribution in [1.82, 2.24) is 15.1 Å². The number of nitrogens with one attached hydrogen (secondary N) is 1. The van der Waals surface area contributed by atoms with E-state index in [1.54, 1.807) is 18.7 Å². The first-order valence-corrected chi connectivity index (χ1v) is 19.2. The van der Waals surface area contributed by atoms with E-state index in [4.69, 9.17) is 60.6 Å². The highest BCUT2D eigenvalue weighted by Gasteiger charge is 2.50. The summed E-state index contributed by atoms with van der Waals surface area (Å²) < 4.78 is 15.9. The molecule has 8 nitrogen and oxygen atoms in total. The Morgan fingerprint density at radius 1 is 0.923 bits per heavy atom. The zero-order valence-corrected chi connectivity index (χ0v) is 32.9. The van der Waals surface area contributed by atoms with Crippen molar-refractivity contribution in [2.45, 2.75) is 80.9 Å². The Hall–Kier alpha value is -3.14. The van der Waals surface area contributed by atoms with E-state index in [-0.39, 0.29) is 18.0 Å². The molecule has 2 atom stereocenters. The maximum Gasteiger partial charge on any atom is 0.411 e. The van der Waals surface area contributed by atoms with Gasteiger partial charge in [0.2, 0.25) is 3.79 Å². The van der Waals surface area contributed by atoms with Crippen molar-refractivity contribution in [3.8, 4) is 11.5 Å². The SMILES string of the molecule is Cc1cc(Cl)c(OCCOc2ccc(C3=C(C(=O)N(CCc4ccccc4)C4CC4)C4CNCC(C3)N4C(=O)OC(C)(C)C(Cl)(Cl)Cl)cc2)cc1C. The summed E-state index contributed by atoms with van der Waals surface area (Å²) in [6, 6.07) is 21.0. The van der Waals surface area contributed by atoms with Crippen LogP contribution in [0.5, 0.6) is 11.5 Å². The van der Waals surface area contributed by atoms with Gasteiger partial charge in [-0.05, 0) is 105 Å². The summed E-state index contributed by atoms with van der Waals surface area (Å²) in [5.74, 6) is 1.23. The molecule has 3 aromatic rings. The van der Waals surface area contributed by atoms with Crippen LogP contribution in [0.3, 0.4) is 0 Å². The van der Waals surface area contributed by atoms with Crippen molar-refractivity contribution >= 4 is 64.0 Å². The lowest BCUT2D eigenvalue weighted by Gasteiger charge is -2.48. The Kier molecular flexibility index (Phi) is 11.9. The van der Waals surface area contributed by atoms with Gasteiger partial charge in [0.1, 0.15) is 24.7 Å². The molecule has 3 aliphatic rings. The van der Waals surface area contributed by atoms with Gasteiger partial charge in [0, 0.05) is 31.2 Å². The Labute approximate surface area is 326 Å². The molecule has 1 saturated carbocycles. The Bertz CT molecular complexity index is 1790. The first-order chi connectivity index (χ1) is 24.7. The lowest BCUT2D eigenvalue weighted by atomic mass is 9.82. The summed E-state index contributed by atoms with van der Waals surface area (Å²) in [4.78, 5) is 32.5. The smallest absolute Gasteiger partial charge is 0.411 e. The van der Waals surface area contributed by atoms with E-state index in [1.165, 1.54) is 0 Å². The molecule has 52 heavy (non-hydrogen) atoms. The Balaban J connectivity index is 1.26. The van der Waals surface area contributed by atoms with Crippen LogP contribution in [0, 0.1) is 13.8 Å². The number of carbonyl (C=O) groups is 2. The third kappa shape index (κ3) is 8.79. The molecule has 2 amide bonds. The van der Waals surface area contributed by atoms with Gasteiger partial charge in [-0.3, -0.25) is 9.69 Å². The molecule has 1 N–H and O–H groups in total. The van der Waals surface area contributed by atoms with Gasteiger partial charge in [-0.15, -0.1) is 0 Å². The van der Waals surface area contributed by atoms with Crippen molar-refractivity contribution in [2.75, 3.05) is 32.8 Å². The fourth-order valence-electron chi connectivity index (χ4n) is 6.76. The quantitative estimate of drug-likeness (QED) is 0.146. The van der Waals surface area contributed by atoms with Crippen molar-refractivity contribution < 1.29 is 23.8 Å². The number of aryl methyl sites for hydroxylation is 2. The molecule has 3 aromatic carbocycles. The second-order valence-corrected chi connectivity index (χ2v) is 16.9. The minimum atomic E-state index is -1.85. The Morgan fingerprint density at radius 2 is 1.60 bits per heavy atom. The molecule has 12 heteroatoms. The number of amides is 2. The van der Waals surface area contributed by atoms with Crippen molar-refractivity contribution in [3.05, 3.63) is 99.6 Å². The highest BCUT2D eigenvalue weighted by molar-refractivity contribution is 6.68. The molecule has 278 valence electrons. The van der Waals surface area contributed by atoms with Crippen LogP contribution in [0.4, 0.5) is 4.79 Å². The molecule has 2 bridgehead atoms. The van der Waals surface area contributed by atoms with E-state index < -0.39 is 21.5 Å². The number of halogens is 4. The maximum absolute atomic E-state index is 14.9. The summed E-state index contributed by atoms with van der Waals surface area (Å²) in [5.41, 5.74) is 4.36. The number of hydrogen-bond donors (Lipinski definition) is 1. The average molecular weight is 790 g/mol. The number of fused-ring (bicyclic) bond motifs is 2. The highest BCUT2D eigenvalue weighted by Crippen LogP contribution is 2.43. The number of benzene rings is 3. The number of ether oxygens (including phenoxy) is 3. The van der Waals surface area contributed by atoms with Gasteiger partial charge in [-0.25, -0.2) is 4.79 Å². The predicted octanol–water partition coefficient (Wildman–Crippen LogP) is 8.73. The van der Waals surface area contributed by atoms with E-state index in [0.717, 1.165) is 47.1 Å². The molecular formula is C40H45Cl4N3O5. The minimum Gasteiger partial charge on any atom is -0.490 e. The first kappa shape index (κ1) is 38.6. The van der Waals surface area contributed by atoms with Crippen molar-refractivity contribution in [1.29, 1.82) is 0 Å². The van der Waals surface area contributed by atoms with E-state index in [1.807, 2.05) is 73.3 Å². The topological polar surface area (TPSA) is 80.3 Å². The summed E-state index contributed by atoms with van der Waals surface area (Å²) in [5, 5.41) is 4.02. The molecular weight excluding hydrogens is 744 g/mol. The zero-order valence-electron chi connectivity index (χ0n) is 29.9. The highest BCUT2D eigenvalue weighted by atomic mass is 35.6. The molecule has 0 aromatic heterocycles. The average Bonchev–Trinajstić information content (AvgIpc) is 3.94. The van der Waals surface area contributed by atoms with Crippen LogP contribution in [-0.2, 0) is 16.0 Å². The van der Waals surface area contributed by atoms with E-state index in [2.05, 4.69) is 17.4 Å². The molecule has 2 unspecified atom stereocenters. The fourth-order valence-corrected chi connectivity index (χ4v) is 7.15. The lowest BCUT2D eigenvalue weighted by molar-refractivity contribution is -0.128. The molecule has 0 spiro atoms. The zero-order chi connectivity index (χ0) is 37.2. The van der Waals surface area contributed by atoms with Gasteiger partial charge >= 0.3 is 6.09 Å². The third-order valence-corrected chi connectivity index (χ3v) is 11.8. The molecule has 1 saturated heterocycles. The second-order valence-electron chi connectivity index (χ2n) is 14.3. The summed E-state index contributed by atoms with van der Waals surface area (Å²) >= 11 is 25.0. The van der Waals surface area contributed by atoms with Gasteiger partial charge in [0.15, 0.2) is 5.60 Å². The molecule has 2 aliphatic heterocycles. The molecule has 0 radical (unpaired) electrons. The van der Waals surface area contributed by atoms with E-state index in [0.29, 0.717) is 61.4 Å². The first-order valence-electron chi connectivity index (χ1n) is 17.7. The molecule has 2 heterocycles. The van der Waals surface area contributed by atoms with E-state index >= 15 is 0 Å². The van der Waals surface area contributed by atoms with Crippen LogP contribution in [0.15, 0.2) is 72.3 Å². The van der Waals surface area contributed by atoms with Gasteiger partial charge in [0.25, 0.3) is 5.91 Å². The molecule has 1 aliphatic carbocycles. The summed E-state index contributed by atoms with van der Waals surface area (Å²) in [7, 11) is 0. The largest absolute Gasteiger partial charge is 0.490 e. The maximum atomic E-state index is 14.9. The van der Waals surface area contributed by atoms with Gasteiger partial charge in [-0.2, -0.15) is 0 Å². The Morgan fingerprint density at radius 3 is 2.27 bits per heavy atom. The summed E-state index contributed by atoms with van der Waals surface area (Å²) in [6.45, 7) is 9.29. The monoisotopic (exact) mass is 787 g/mol. The predicted molar refractivity (Wildman–Crippen MR) is 208 cm³/mol. The minimum absolute atomic E-state index is 0.0681. The molecule has 2 fully saturated rings. The van der Waals surface area contributed by atoms with Crippen LogP contribution in [0.2, 0.25) is 5.02 Å². The number of alkyl halides is 3. The summed E-state index contributed by atoms with van der Waals surface area (Å²) in [6.07, 6.45) is 2.45. The van der Waals surface area contributed by atoms with Crippen molar-refractivity contribution in [2.24, 2.45) is 0 Å².